The van der Waals surface area contributed by atoms with E-state index in [1.807, 2.05) is 24.3 Å². The predicted molar refractivity (Wildman–Crippen MR) is 112 cm³/mol. The summed E-state index contributed by atoms with van der Waals surface area (Å²) in [4.78, 5) is 43.1. The Labute approximate surface area is 185 Å². The van der Waals surface area contributed by atoms with Crippen LogP contribution in [0.2, 0.25) is 10.3 Å². The monoisotopic (exact) mass is 499 g/mol. The lowest BCUT2D eigenvalue weighted by atomic mass is 9.88. The highest BCUT2D eigenvalue weighted by atomic mass is 79.9. The zero-order valence-corrected chi connectivity index (χ0v) is 18.3. The van der Waals surface area contributed by atoms with E-state index >= 15 is 0 Å². The molecule has 0 bridgehead atoms. The largest absolute Gasteiger partial charge is 0.467 e. The molecule has 3 rings (SSSR count). The summed E-state index contributed by atoms with van der Waals surface area (Å²) in [5, 5.41) is 2.72. The first-order valence-corrected chi connectivity index (χ1v) is 10.1. The fourth-order valence-electron chi connectivity index (χ4n) is 3.36. The first kappa shape index (κ1) is 21.5. The molecule has 0 spiro atoms. The zero-order chi connectivity index (χ0) is 21.2. The second-order valence-electron chi connectivity index (χ2n) is 6.49. The highest BCUT2D eigenvalue weighted by molar-refractivity contribution is 9.10. The lowest BCUT2D eigenvalue weighted by Gasteiger charge is -2.34. The van der Waals surface area contributed by atoms with Gasteiger partial charge < -0.3 is 10.1 Å². The normalized spacial score (nSPS) is 18.6. The molecule has 29 heavy (non-hydrogen) atoms. The van der Waals surface area contributed by atoms with Gasteiger partial charge in [-0.05, 0) is 36.2 Å². The molecule has 10 heteroatoms. The van der Waals surface area contributed by atoms with Crippen molar-refractivity contribution in [3.8, 4) is 0 Å². The fraction of sp³-hybridized carbons (Fsp3) is 0.263. The quantitative estimate of drug-likeness (QED) is 0.494. The molecule has 3 amide bonds. The summed E-state index contributed by atoms with van der Waals surface area (Å²) < 4.78 is 5.85. The summed E-state index contributed by atoms with van der Waals surface area (Å²) in [5.74, 6) is -1.14. The highest BCUT2D eigenvalue weighted by Crippen LogP contribution is 2.36. The van der Waals surface area contributed by atoms with E-state index < -0.39 is 23.4 Å². The van der Waals surface area contributed by atoms with Crippen LogP contribution in [0.4, 0.5) is 10.5 Å². The average molecular weight is 501 g/mol. The standard InChI is InChI=1S/C19H16BrCl2N3O4/c1-29-17(27)19(10-11-2-4-12(20)5-3-11)7-6-16(26)25(19)18(28)23-13-8-14(21)24-15(22)9-13/h2-5,8-9H,6-7,10H2,1H3,(H,23,24,28). The van der Waals surface area contributed by atoms with Crippen molar-refractivity contribution in [2.24, 2.45) is 0 Å². The molecule has 1 atom stereocenters. The fourth-order valence-corrected chi connectivity index (χ4v) is 4.09. The van der Waals surface area contributed by atoms with Crippen LogP contribution in [0.3, 0.4) is 0 Å². The molecule has 1 aliphatic rings. The first-order chi connectivity index (χ1) is 13.7. The van der Waals surface area contributed by atoms with Crippen molar-refractivity contribution in [2.75, 3.05) is 12.4 Å². The van der Waals surface area contributed by atoms with E-state index in [2.05, 4.69) is 26.2 Å². The lowest BCUT2D eigenvalue weighted by molar-refractivity contribution is -0.154. The number of benzene rings is 1. The molecular weight excluding hydrogens is 485 g/mol. The van der Waals surface area contributed by atoms with Crippen LogP contribution in [0.25, 0.3) is 0 Å². The van der Waals surface area contributed by atoms with Crippen molar-refractivity contribution in [3.05, 3.63) is 56.7 Å². The number of hydrogen-bond donors (Lipinski definition) is 1. The Morgan fingerprint density at radius 1 is 1.24 bits per heavy atom. The molecule has 1 aromatic carbocycles. The summed E-state index contributed by atoms with van der Waals surface area (Å²) in [6.45, 7) is 0. The molecule has 1 fully saturated rings. The Morgan fingerprint density at radius 3 is 2.45 bits per heavy atom. The van der Waals surface area contributed by atoms with Crippen LogP contribution >= 0.6 is 39.1 Å². The average Bonchev–Trinajstić information content (AvgIpc) is 2.99. The number of methoxy groups -OCH3 is 1. The highest BCUT2D eigenvalue weighted by Gasteiger charge is 2.55. The van der Waals surface area contributed by atoms with Crippen molar-refractivity contribution in [1.82, 2.24) is 9.88 Å². The number of imide groups is 1. The molecule has 0 aliphatic carbocycles. The van der Waals surface area contributed by atoms with Gasteiger partial charge in [-0.2, -0.15) is 0 Å². The van der Waals surface area contributed by atoms with Gasteiger partial charge in [0, 0.05) is 23.0 Å². The van der Waals surface area contributed by atoms with Crippen LogP contribution in [0, 0.1) is 0 Å². The SMILES string of the molecule is COC(=O)C1(Cc2ccc(Br)cc2)CCC(=O)N1C(=O)Nc1cc(Cl)nc(Cl)c1. The number of carbonyl (C=O) groups is 3. The Kier molecular flexibility index (Phi) is 6.45. The Bertz CT molecular complexity index is 950. The number of anilines is 1. The number of amides is 3. The van der Waals surface area contributed by atoms with Crippen LogP contribution in [0.5, 0.6) is 0 Å². The van der Waals surface area contributed by atoms with Crippen molar-refractivity contribution in [3.63, 3.8) is 0 Å². The van der Waals surface area contributed by atoms with Crippen molar-refractivity contribution < 1.29 is 19.1 Å². The van der Waals surface area contributed by atoms with Gasteiger partial charge in [0.15, 0.2) is 5.54 Å². The predicted octanol–water partition coefficient (Wildman–Crippen LogP) is 4.46. The van der Waals surface area contributed by atoms with Gasteiger partial charge >= 0.3 is 12.0 Å². The van der Waals surface area contributed by atoms with Gasteiger partial charge in [0.2, 0.25) is 5.91 Å². The molecule has 2 aromatic rings. The topological polar surface area (TPSA) is 88.6 Å². The third-order valence-corrected chi connectivity index (χ3v) is 5.54. The van der Waals surface area contributed by atoms with E-state index in [1.54, 1.807) is 0 Å². The summed E-state index contributed by atoms with van der Waals surface area (Å²) in [6, 6.07) is 9.28. The number of hydrogen-bond acceptors (Lipinski definition) is 5. The Hall–Kier alpha value is -2.16. The molecule has 1 aliphatic heterocycles. The number of carbonyl (C=O) groups excluding carboxylic acids is 3. The van der Waals surface area contributed by atoms with E-state index in [4.69, 9.17) is 27.9 Å². The van der Waals surface area contributed by atoms with E-state index in [0.717, 1.165) is 14.9 Å². The first-order valence-electron chi connectivity index (χ1n) is 8.55. The third-order valence-electron chi connectivity index (χ3n) is 4.62. The van der Waals surface area contributed by atoms with Gasteiger partial charge in [-0.25, -0.2) is 19.5 Å². The van der Waals surface area contributed by atoms with Gasteiger partial charge in [-0.15, -0.1) is 0 Å². The Balaban J connectivity index is 1.95. The molecule has 1 unspecified atom stereocenters. The van der Waals surface area contributed by atoms with Gasteiger partial charge in [0.25, 0.3) is 0 Å². The minimum absolute atomic E-state index is 0.0386. The third kappa shape index (κ3) is 4.55. The molecule has 0 radical (unpaired) electrons. The smallest absolute Gasteiger partial charge is 0.332 e. The number of likely N-dealkylation sites (tertiary alicyclic amines) is 1. The number of aromatic nitrogens is 1. The second-order valence-corrected chi connectivity index (χ2v) is 8.18. The van der Waals surface area contributed by atoms with Crippen molar-refractivity contribution >= 4 is 62.7 Å². The van der Waals surface area contributed by atoms with Gasteiger partial charge in [-0.1, -0.05) is 51.3 Å². The number of pyridine rings is 1. The van der Waals surface area contributed by atoms with Crippen molar-refractivity contribution in [1.29, 1.82) is 0 Å². The molecule has 152 valence electrons. The van der Waals surface area contributed by atoms with E-state index in [9.17, 15) is 14.4 Å². The van der Waals surface area contributed by atoms with Crippen LogP contribution in [0.15, 0.2) is 40.9 Å². The maximum atomic E-state index is 13.0. The maximum absolute atomic E-state index is 13.0. The van der Waals surface area contributed by atoms with Crippen molar-refractivity contribution in [2.45, 2.75) is 24.8 Å². The molecular formula is C19H16BrCl2N3O4. The number of urea groups is 1. The number of rotatable bonds is 4. The molecule has 1 aromatic heterocycles. The van der Waals surface area contributed by atoms with Crippen LogP contribution in [-0.2, 0) is 20.7 Å². The molecule has 1 N–H and O–H groups in total. The summed E-state index contributed by atoms with van der Waals surface area (Å²) >= 11 is 15.1. The summed E-state index contributed by atoms with van der Waals surface area (Å²) in [5.41, 5.74) is -0.423. The number of esters is 1. The van der Waals surface area contributed by atoms with Crippen LogP contribution in [0.1, 0.15) is 18.4 Å². The number of halogens is 3. The molecule has 1 saturated heterocycles. The molecule has 7 nitrogen and oxygen atoms in total. The Morgan fingerprint density at radius 2 is 1.86 bits per heavy atom. The van der Waals surface area contributed by atoms with E-state index in [-0.39, 0.29) is 35.3 Å². The van der Waals surface area contributed by atoms with Gasteiger partial charge in [0.1, 0.15) is 10.3 Å². The summed E-state index contributed by atoms with van der Waals surface area (Å²) in [6.07, 6.45) is 0.320. The summed E-state index contributed by atoms with van der Waals surface area (Å²) in [7, 11) is 1.23. The van der Waals surface area contributed by atoms with Crippen LogP contribution < -0.4 is 5.32 Å². The lowest BCUT2D eigenvalue weighted by Crippen LogP contribution is -2.57. The van der Waals surface area contributed by atoms with Gasteiger partial charge in [0.05, 0.1) is 7.11 Å². The van der Waals surface area contributed by atoms with E-state index in [0.29, 0.717) is 0 Å². The molecule has 2 heterocycles. The maximum Gasteiger partial charge on any atom is 0.332 e. The second kappa shape index (κ2) is 8.69. The minimum atomic E-state index is -1.45. The zero-order valence-electron chi connectivity index (χ0n) is 15.2. The van der Waals surface area contributed by atoms with Crippen LogP contribution in [-0.4, -0.2) is 40.4 Å². The number of ether oxygens (including phenoxy) is 1. The molecule has 0 saturated carbocycles. The minimum Gasteiger partial charge on any atom is -0.467 e. The number of nitrogens with zero attached hydrogens (tertiary/aromatic N) is 2. The number of nitrogens with one attached hydrogen (secondary N) is 1. The van der Waals surface area contributed by atoms with E-state index in [1.165, 1.54) is 19.2 Å². The van der Waals surface area contributed by atoms with Gasteiger partial charge in [-0.3, -0.25) is 4.79 Å².